The number of nitrogens with zero attached hydrogens (tertiary/aromatic N) is 4. The predicted molar refractivity (Wildman–Crippen MR) is 245 cm³/mol. The highest BCUT2D eigenvalue weighted by Gasteiger charge is 2.78. The Morgan fingerprint density at radius 3 is 1.91 bits per heavy atom. The molecule has 1 fully saturated rings. The third kappa shape index (κ3) is 5.84. The largest absolute Gasteiger partial charge is 0.457 e. The van der Waals surface area contributed by atoms with Gasteiger partial charge in [-0.1, -0.05) is 106 Å². The van der Waals surface area contributed by atoms with Crippen LogP contribution in [0.3, 0.4) is 0 Å². The molecule has 5 heteroatoms. The second kappa shape index (κ2) is 13.1. The van der Waals surface area contributed by atoms with Gasteiger partial charge in [0.15, 0.2) is 18.0 Å². The Labute approximate surface area is 345 Å². The summed E-state index contributed by atoms with van der Waals surface area (Å²) in [6, 6.07) is 43.1. The molecule has 0 spiro atoms. The van der Waals surface area contributed by atoms with E-state index in [0.29, 0.717) is 15.1 Å². The molecule has 0 aliphatic carbocycles. The van der Waals surface area contributed by atoms with Crippen LogP contribution in [-0.4, -0.2) is 9.55 Å². The molecule has 0 saturated carbocycles. The molecule has 1 saturated heterocycles. The first-order chi connectivity index (χ1) is 27.5. The van der Waals surface area contributed by atoms with Gasteiger partial charge in [0, 0.05) is 59.4 Å². The topological polar surface area (TPSA) is 27.1 Å². The molecule has 5 nitrogen and oxygen atoms in total. The molecule has 0 N–H and O–H groups in total. The minimum Gasteiger partial charge on any atom is -0.457 e. The fourth-order valence-electron chi connectivity index (χ4n) is 9.40. The molecule has 0 radical (unpaired) electrons. The van der Waals surface area contributed by atoms with Crippen molar-refractivity contribution in [2.24, 2.45) is 0 Å². The van der Waals surface area contributed by atoms with E-state index in [2.05, 4.69) is 203 Å². The quantitative estimate of drug-likeness (QED) is 0.0875. The van der Waals surface area contributed by atoms with Crippen molar-refractivity contribution in [1.29, 1.82) is 0 Å². The van der Waals surface area contributed by atoms with Crippen LogP contribution >= 0.6 is 0 Å². The first-order valence-electron chi connectivity index (χ1n) is 21.2. The maximum atomic E-state index is 7.03. The smallest absolute Gasteiger partial charge is 0.225 e. The maximum absolute atomic E-state index is 7.03. The van der Waals surface area contributed by atoms with E-state index >= 15 is 0 Å². The van der Waals surface area contributed by atoms with Crippen LogP contribution in [0.4, 0.5) is 22.7 Å². The summed E-state index contributed by atoms with van der Waals surface area (Å²) in [4.78, 5) is 4.97. The van der Waals surface area contributed by atoms with Crippen LogP contribution in [0.1, 0.15) is 117 Å². The zero-order valence-electron chi connectivity index (χ0n) is 36.3. The van der Waals surface area contributed by atoms with Crippen molar-refractivity contribution in [1.82, 2.24) is 18.7 Å². The Morgan fingerprint density at radius 1 is 0.569 bits per heavy atom. The fraction of sp³-hybridized carbons (Fsp3) is 0.321. The number of fused-ring (bicyclic) bond motifs is 7. The second-order valence-electron chi connectivity index (χ2n) is 19.8. The van der Waals surface area contributed by atoms with Crippen LogP contribution in [0.2, 0.25) is 0 Å². The number of quaternary nitrogens is 2. The fourth-order valence-corrected chi connectivity index (χ4v) is 9.40. The lowest BCUT2D eigenvalue weighted by Gasteiger charge is -2.40. The van der Waals surface area contributed by atoms with Gasteiger partial charge in [-0.2, -0.15) is 9.18 Å². The lowest BCUT2D eigenvalue weighted by atomic mass is 9.86. The molecule has 4 heterocycles. The number of hydrogen-bond donors (Lipinski definition) is 0. The van der Waals surface area contributed by atoms with Crippen LogP contribution in [0, 0.1) is 6.67 Å². The first-order valence-corrected chi connectivity index (χ1v) is 21.2. The van der Waals surface area contributed by atoms with E-state index in [1.54, 1.807) is 0 Å². The van der Waals surface area contributed by atoms with Gasteiger partial charge in [-0.15, -0.1) is 0 Å². The molecule has 2 aromatic heterocycles. The van der Waals surface area contributed by atoms with Gasteiger partial charge in [-0.3, -0.25) is 4.57 Å². The van der Waals surface area contributed by atoms with E-state index in [0.717, 1.165) is 41.2 Å². The molecule has 0 amide bonds. The van der Waals surface area contributed by atoms with Crippen LogP contribution < -0.4 is 13.9 Å². The van der Waals surface area contributed by atoms with Gasteiger partial charge in [0.1, 0.15) is 17.3 Å². The standard InChI is InChI=1S/C53H59N4O/c1-12-35(13-2)36-17-16-18-40(27-36)56-34-57(56,49-20-15-14-19-48(49)56)41-28-39(53(9,10)11)29-43(32-41)58-42-22-23-44-45-30-37(51(3,4)5)21-24-46(45)55(47(44)33-42)50-31-38(25-26-54-50)52(6,7)8/h14-35H,12-13H2,1-11H3/q+1/t56-,57?/m0/s1. The third-order valence-electron chi connectivity index (χ3n) is 12.9. The molecule has 2 aliphatic rings. The van der Waals surface area contributed by atoms with Crippen molar-refractivity contribution in [3.05, 3.63) is 150 Å². The van der Waals surface area contributed by atoms with Crippen molar-refractivity contribution >= 4 is 44.6 Å². The monoisotopic (exact) mass is 767 g/mol. The Kier molecular flexibility index (Phi) is 8.68. The van der Waals surface area contributed by atoms with Crippen LogP contribution in [0.5, 0.6) is 11.5 Å². The van der Waals surface area contributed by atoms with Gasteiger partial charge in [0.2, 0.25) is 11.4 Å². The molecule has 2 aliphatic heterocycles. The van der Waals surface area contributed by atoms with Gasteiger partial charge < -0.3 is 4.74 Å². The highest BCUT2D eigenvalue weighted by atomic mass is 16.5. The number of benzene rings is 5. The Hall–Kier alpha value is -5.23. The van der Waals surface area contributed by atoms with Crippen molar-refractivity contribution in [2.75, 3.05) is 0 Å². The first kappa shape index (κ1) is 38.3. The molecule has 7 aromatic rings. The summed E-state index contributed by atoms with van der Waals surface area (Å²) in [5.74, 6) is 3.11. The summed E-state index contributed by atoms with van der Waals surface area (Å²) in [5, 5.41) is 2.41. The van der Waals surface area contributed by atoms with Gasteiger partial charge in [-0.05, 0) is 99.7 Å². The third-order valence-corrected chi connectivity index (χ3v) is 12.9. The lowest BCUT2D eigenvalue weighted by Crippen LogP contribution is -2.46. The molecular formula is C53H59N4O+. The van der Waals surface area contributed by atoms with Gasteiger partial charge in [0.05, 0.1) is 11.0 Å². The van der Waals surface area contributed by atoms with E-state index in [4.69, 9.17) is 9.72 Å². The van der Waals surface area contributed by atoms with Gasteiger partial charge >= 0.3 is 0 Å². The molecule has 0 bridgehead atoms. The van der Waals surface area contributed by atoms with Gasteiger partial charge in [-0.25, -0.2) is 4.98 Å². The van der Waals surface area contributed by atoms with E-state index < -0.39 is 0 Å². The zero-order valence-corrected chi connectivity index (χ0v) is 36.3. The average molecular weight is 768 g/mol. The number of aromatic nitrogens is 2. The molecule has 5 aromatic carbocycles. The van der Waals surface area contributed by atoms with Crippen molar-refractivity contribution in [3.63, 3.8) is 0 Å². The summed E-state index contributed by atoms with van der Waals surface area (Å²) in [7, 11) is 0. The highest BCUT2D eigenvalue weighted by molar-refractivity contribution is 6.10. The molecule has 1 unspecified atom stereocenters. The normalized spacial score (nSPS) is 19.0. The summed E-state index contributed by atoms with van der Waals surface area (Å²) in [6.07, 6.45) is 4.22. The number of hydrogen-bond acceptors (Lipinski definition) is 2. The SMILES string of the molecule is CCC(CC)c1cccc([N@+]23[CH-][N+]2(c2cc(Oc4ccc5c6cc(C(C)(C)C)ccc6n(-c6cc(C(C)(C)C)ccn6)c5c4)cc(C(C)(C)C)c2)c2ccccc23)c1. The minimum atomic E-state index is -0.0945. The molecule has 296 valence electrons. The highest BCUT2D eigenvalue weighted by Crippen LogP contribution is 2.75. The minimum absolute atomic E-state index is 0.00953. The van der Waals surface area contributed by atoms with E-state index in [9.17, 15) is 0 Å². The maximum Gasteiger partial charge on any atom is 0.225 e. The van der Waals surface area contributed by atoms with E-state index in [1.165, 1.54) is 55.8 Å². The second-order valence-corrected chi connectivity index (χ2v) is 19.8. The van der Waals surface area contributed by atoms with Crippen molar-refractivity contribution in [3.8, 4) is 17.3 Å². The van der Waals surface area contributed by atoms with Crippen LogP contribution in [-0.2, 0) is 16.2 Å². The predicted octanol–water partition coefficient (Wildman–Crippen LogP) is 15.1. The molecule has 58 heavy (non-hydrogen) atoms. The number of pyridine rings is 1. The average Bonchev–Trinajstić information content (AvgIpc) is 3.68. The summed E-state index contributed by atoms with van der Waals surface area (Å²) < 4.78 is 10.7. The molecule has 2 atom stereocenters. The summed E-state index contributed by atoms with van der Waals surface area (Å²) in [6.45, 7) is 27.6. The van der Waals surface area contributed by atoms with E-state index in [1.807, 2.05) is 6.20 Å². The molecule has 9 rings (SSSR count). The number of para-hydroxylation sites is 2. The lowest BCUT2D eigenvalue weighted by molar-refractivity contribution is 0.422. The van der Waals surface area contributed by atoms with Crippen LogP contribution in [0.15, 0.2) is 121 Å². The van der Waals surface area contributed by atoms with Crippen molar-refractivity contribution < 1.29 is 4.74 Å². The number of rotatable bonds is 8. The molecular weight excluding hydrogens is 709 g/mol. The Balaban J connectivity index is 1.19. The Morgan fingerprint density at radius 2 is 1.24 bits per heavy atom. The summed E-state index contributed by atoms with van der Waals surface area (Å²) in [5.41, 5.74) is 12.5. The van der Waals surface area contributed by atoms with E-state index in [-0.39, 0.29) is 16.2 Å². The summed E-state index contributed by atoms with van der Waals surface area (Å²) >= 11 is 0. The number of ether oxygens (including phenoxy) is 1. The van der Waals surface area contributed by atoms with Gasteiger partial charge in [0.25, 0.3) is 0 Å². The van der Waals surface area contributed by atoms with Crippen LogP contribution in [0.25, 0.3) is 27.6 Å². The zero-order chi connectivity index (χ0) is 41.0. The van der Waals surface area contributed by atoms with Crippen molar-refractivity contribution in [2.45, 2.75) is 111 Å². The Bertz CT molecular complexity index is 2730.